The van der Waals surface area contributed by atoms with Gasteiger partial charge in [0.2, 0.25) is 0 Å². The Morgan fingerprint density at radius 3 is 1.77 bits per heavy atom. The van der Waals surface area contributed by atoms with Gasteiger partial charge in [-0.3, -0.25) is 0 Å². The molecule has 0 aliphatic carbocycles. The summed E-state index contributed by atoms with van der Waals surface area (Å²) >= 11 is 0. The summed E-state index contributed by atoms with van der Waals surface area (Å²) in [6.45, 7) is 14.0. The topological polar surface area (TPSA) is 26.7 Å². The summed E-state index contributed by atoms with van der Waals surface area (Å²) in [7, 11) is 0. The molecule has 0 aromatic rings. The Balaban J connectivity index is 2.20. The van der Waals surface area contributed by atoms with E-state index in [1.165, 1.54) is 90.4 Å². The number of piperidine rings is 1. The van der Waals surface area contributed by atoms with Crippen LogP contribution in [0.5, 0.6) is 0 Å². The first kappa shape index (κ1) is 23.9. The van der Waals surface area contributed by atoms with Crippen molar-refractivity contribution in [3.05, 3.63) is 0 Å². The van der Waals surface area contributed by atoms with E-state index in [1.807, 2.05) is 0 Å². The van der Waals surface area contributed by atoms with Gasteiger partial charge in [-0.15, -0.1) is 0 Å². The van der Waals surface area contributed by atoms with Gasteiger partial charge in [0.15, 0.2) is 0 Å². The van der Waals surface area contributed by atoms with Gasteiger partial charge in [0.25, 0.3) is 0 Å². The minimum atomic E-state index is -0.363. The van der Waals surface area contributed by atoms with Gasteiger partial charge in [-0.1, -0.05) is 65.7 Å². The molecule has 1 aliphatic heterocycles. The van der Waals surface area contributed by atoms with Crippen LogP contribution in [0.3, 0.4) is 0 Å². The van der Waals surface area contributed by atoms with Crippen molar-refractivity contribution in [1.29, 1.82) is 0 Å². The second kappa shape index (κ2) is 14.9. The van der Waals surface area contributed by atoms with Crippen molar-refractivity contribution >= 4 is 0 Å². The number of rotatable bonds is 16. The third-order valence-corrected chi connectivity index (χ3v) is 6.14. The average Bonchev–Trinajstić information content (AvgIpc) is 2.64. The zero-order chi connectivity index (χ0) is 19.1. The maximum absolute atomic E-state index is 10.7. The third-order valence-electron chi connectivity index (χ3n) is 6.14. The molecular weight excluding hydrogens is 320 g/mol. The van der Waals surface area contributed by atoms with Crippen LogP contribution in [0.1, 0.15) is 104 Å². The maximum atomic E-state index is 10.7. The molecule has 0 saturated carbocycles. The zero-order valence-electron chi connectivity index (χ0n) is 18.3. The lowest BCUT2D eigenvalue weighted by Crippen LogP contribution is -2.45. The molecule has 0 amide bonds. The molecule has 0 radical (unpaired) electrons. The first-order valence-corrected chi connectivity index (χ1v) is 11.8. The normalized spacial score (nSPS) is 17.9. The second-order valence-corrected chi connectivity index (χ2v) is 8.63. The Kier molecular flexibility index (Phi) is 13.7. The van der Waals surface area contributed by atoms with Gasteiger partial charge in [0, 0.05) is 13.1 Å². The molecule has 3 heteroatoms. The molecule has 1 saturated heterocycles. The standard InChI is InChI=1S/C23H48N2O/c1-4-7-10-14-23(26)15-21-25(22-16-23)20-13-19-24(17-11-8-5-2)18-12-9-6-3/h26H,4-22H2,1-3H3. The molecule has 0 aromatic heterocycles. The van der Waals surface area contributed by atoms with Crippen LogP contribution in [0.4, 0.5) is 0 Å². The number of unbranched alkanes of at least 4 members (excludes halogenated alkanes) is 6. The van der Waals surface area contributed by atoms with Crippen molar-refractivity contribution in [3.8, 4) is 0 Å². The third kappa shape index (κ3) is 10.9. The highest BCUT2D eigenvalue weighted by atomic mass is 16.3. The largest absolute Gasteiger partial charge is 0.390 e. The molecule has 0 atom stereocenters. The predicted octanol–water partition coefficient (Wildman–Crippen LogP) is 5.47. The lowest BCUT2D eigenvalue weighted by atomic mass is 9.86. The van der Waals surface area contributed by atoms with Gasteiger partial charge >= 0.3 is 0 Å². The number of hydrogen-bond donors (Lipinski definition) is 1. The minimum absolute atomic E-state index is 0.363. The van der Waals surface area contributed by atoms with Gasteiger partial charge in [-0.05, 0) is 64.7 Å². The van der Waals surface area contributed by atoms with Crippen LogP contribution < -0.4 is 0 Å². The monoisotopic (exact) mass is 368 g/mol. The Bertz CT molecular complexity index is 303. The Morgan fingerprint density at radius 1 is 0.731 bits per heavy atom. The van der Waals surface area contributed by atoms with E-state index in [1.54, 1.807) is 0 Å². The zero-order valence-corrected chi connectivity index (χ0v) is 18.3. The molecule has 1 fully saturated rings. The van der Waals surface area contributed by atoms with Crippen LogP contribution in [-0.4, -0.2) is 59.8 Å². The van der Waals surface area contributed by atoms with Crippen LogP contribution >= 0.6 is 0 Å². The van der Waals surface area contributed by atoms with Gasteiger partial charge in [0.05, 0.1) is 5.60 Å². The molecule has 1 rings (SSSR count). The molecule has 0 spiro atoms. The van der Waals surface area contributed by atoms with Gasteiger partial charge < -0.3 is 14.9 Å². The fourth-order valence-electron chi connectivity index (χ4n) is 4.17. The van der Waals surface area contributed by atoms with Crippen molar-refractivity contribution in [2.45, 2.75) is 110 Å². The van der Waals surface area contributed by atoms with E-state index in [9.17, 15) is 5.11 Å². The van der Waals surface area contributed by atoms with E-state index >= 15 is 0 Å². The van der Waals surface area contributed by atoms with Crippen molar-refractivity contribution in [1.82, 2.24) is 9.80 Å². The summed E-state index contributed by atoms with van der Waals surface area (Å²) in [6, 6.07) is 0. The summed E-state index contributed by atoms with van der Waals surface area (Å²) < 4.78 is 0. The van der Waals surface area contributed by atoms with E-state index in [2.05, 4.69) is 30.6 Å². The summed E-state index contributed by atoms with van der Waals surface area (Å²) in [4.78, 5) is 5.29. The van der Waals surface area contributed by atoms with Gasteiger partial charge in [0.1, 0.15) is 0 Å². The molecule has 156 valence electrons. The molecule has 1 heterocycles. The molecule has 0 aromatic carbocycles. The first-order chi connectivity index (χ1) is 12.6. The molecule has 3 nitrogen and oxygen atoms in total. The van der Waals surface area contributed by atoms with Gasteiger partial charge in [-0.25, -0.2) is 0 Å². The van der Waals surface area contributed by atoms with Crippen molar-refractivity contribution in [2.24, 2.45) is 0 Å². The number of hydrogen-bond acceptors (Lipinski definition) is 3. The van der Waals surface area contributed by atoms with E-state index in [-0.39, 0.29) is 5.60 Å². The summed E-state index contributed by atoms with van der Waals surface area (Å²) in [5, 5.41) is 10.7. The van der Waals surface area contributed by atoms with Crippen molar-refractivity contribution in [2.75, 3.05) is 39.3 Å². The van der Waals surface area contributed by atoms with Crippen LogP contribution in [0.25, 0.3) is 0 Å². The predicted molar refractivity (Wildman–Crippen MR) is 115 cm³/mol. The summed E-state index contributed by atoms with van der Waals surface area (Å²) in [5.41, 5.74) is -0.363. The quantitative estimate of drug-likeness (QED) is 0.366. The lowest BCUT2D eigenvalue weighted by Gasteiger charge is -2.38. The summed E-state index contributed by atoms with van der Waals surface area (Å²) in [6.07, 6.45) is 16.0. The maximum Gasteiger partial charge on any atom is 0.0672 e. The molecule has 0 bridgehead atoms. The Labute approximate surface area is 164 Å². The lowest BCUT2D eigenvalue weighted by molar-refractivity contribution is -0.0296. The van der Waals surface area contributed by atoms with Gasteiger partial charge in [-0.2, -0.15) is 0 Å². The SMILES string of the molecule is CCCCCN(CCCCC)CCCN1CCC(O)(CCCCC)CC1. The number of aliphatic hydroxyl groups is 1. The molecule has 1 N–H and O–H groups in total. The van der Waals surface area contributed by atoms with Crippen LogP contribution in [0.15, 0.2) is 0 Å². The van der Waals surface area contributed by atoms with Crippen molar-refractivity contribution < 1.29 is 5.11 Å². The Hall–Kier alpha value is -0.120. The fraction of sp³-hybridized carbons (Fsp3) is 1.00. The highest BCUT2D eigenvalue weighted by Crippen LogP contribution is 2.27. The van der Waals surface area contributed by atoms with E-state index in [0.717, 1.165) is 32.4 Å². The smallest absolute Gasteiger partial charge is 0.0672 e. The van der Waals surface area contributed by atoms with Crippen LogP contribution in [-0.2, 0) is 0 Å². The van der Waals surface area contributed by atoms with E-state index in [4.69, 9.17) is 0 Å². The van der Waals surface area contributed by atoms with E-state index in [0.29, 0.717) is 0 Å². The molecule has 1 aliphatic rings. The highest BCUT2D eigenvalue weighted by molar-refractivity contribution is 4.85. The first-order valence-electron chi connectivity index (χ1n) is 11.8. The van der Waals surface area contributed by atoms with Crippen molar-refractivity contribution in [3.63, 3.8) is 0 Å². The minimum Gasteiger partial charge on any atom is -0.390 e. The van der Waals surface area contributed by atoms with Crippen LogP contribution in [0.2, 0.25) is 0 Å². The molecule has 0 unspecified atom stereocenters. The fourth-order valence-corrected chi connectivity index (χ4v) is 4.17. The molecule has 26 heavy (non-hydrogen) atoms. The summed E-state index contributed by atoms with van der Waals surface area (Å²) in [5.74, 6) is 0. The number of nitrogens with zero attached hydrogens (tertiary/aromatic N) is 2. The average molecular weight is 369 g/mol. The number of likely N-dealkylation sites (tertiary alicyclic amines) is 1. The van der Waals surface area contributed by atoms with E-state index < -0.39 is 0 Å². The van der Waals surface area contributed by atoms with Crippen LogP contribution in [0, 0.1) is 0 Å². The molecular formula is C23H48N2O. The Morgan fingerprint density at radius 2 is 1.23 bits per heavy atom. The second-order valence-electron chi connectivity index (χ2n) is 8.63. The highest BCUT2D eigenvalue weighted by Gasteiger charge is 2.31.